The molecule has 1 N–H and O–H groups in total. The van der Waals surface area contributed by atoms with Crippen LogP contribution >= 0.6 is 11.5 Å². The van der Waals surface area contributed by atoms with Crippen molar-refractivity contribution in [3.63, 3.8) is 0 Å². The van der Waals surface area contributed by atoms with Gasteiger partial charge in [-0.05, 0) is 18.5 Å². The predicted octanol–water partition coefficient (Wildman–Crippen LogP) is 0.914. The molecule has 0 saturated heterocycles. The first kappa shape index (κ1) is 10.7. The van der Waals surface area contributed by atoms with Crippen LogP contribution in [0.5, 0.6) is 0 Å². The SMILES string of the molecule is Cc1nnsc1-c1nnc(CCC(=O)O)o1. The second-order valence-electron chi connectivity index (χ2n) is 3.08. The highest BCUT2D eigenvalue weighted by Crippen LogP contribution is 2.24. The number of carbonyl (C=O) groups is 1. The molecule has 0 atom stereocenters. The molecule has 0 bridgehead atoms. The lowest BCUT2D eigenvalue weighted by Gasteiger charge is -1.89. The molecule has 0 saturated carbocycles. The Hall–Kier alpha value is -1.83. The fourth-order valence-electron chi connectivity index (χ4n) is 1.09. The number of carboxylic acids is 1. The minimum absolute atomic E-state index is 0.0262. The van der Waals surface area contributed by atoms with E-state index in [0.717, 1.165) is 5.69 Å². The second kappa shape index (κ2) is 4.35. The van der Waals surface area contributed by atoms with Crippen LogP contribution < -0.4 is 0 Å². The summed E-state index contributed by atoms with van der Waals surface area (Å²) in [6.07, 6.45) is 0.204. The van der Waals surface area contributed by atoms with Gasteiger partial charge in [0.05, 0.1) is 12.1 Å². The van der Waals surface area contributed by atoms with Gasteiger partial charge in [-0.1, -0.05) is 4.49 Å². The highest BCUT2D eigenvalue weighted by molar-refractivity contribution is 7.09. The van der Waals surface area contributed by atoms with Crippen LogP contribution in [0.4, 0.5) is 0 Å². The molecule has 7 nitrogen and oxygen atoms in total. The summed E-state index contributed by atoms with van der Waals surface area (Å²) in [5, 5.41) is 19.9. The van der Waals surface area contributed by atoms with Crippen LogP contribution in [0, 0.1) is 6.92 Å². The lowest BCUT2D eigenvalue weighted by Crippen LogP contribution is -1.97. The molecule has 2 heterocycles. The van der Waals surface area contributed by atoms with Gasteiger partial charge in [0.2, 0.25) is 5.89 Å². The minimum atomic E-state index is -0.893. The standard InChI is InChI=1S/C8H8N4O3S/c1-4-7(16-12-9-4)8-11-10-5(15-8)2-3-6(13)14/h2-3H2,1H3,(H,13,14). The van der Waals surface area contributed by atoms with E-state index in [2.05, 4.69) is 19.8 Å². The van der Waals surface area contributed by atoms with Crippen molar-refractivity contribution in [2.45, 2.75) is 19.8 Å². The fourth-order valence-corrected chi connectivity index (χ4v) is 1.67. The van der Waals surface area contributed by atoms with Gasteiger partial charge in [-0.3, -0.25) is 4.79 Å². The normalized spacial score (nSPS) is 10.6. The van der Waals surface area contributed by atoms with E-state index < -0.39 is 5.97 Å². The van der Waals surface area contributed by atoms with Gasteiger partial charge in [0, 0.05) is 6.42 Å². The van der Waals surface area contributed by atoms with E-state index in [1.165, 1.54) is 11.5 Å². The first-order chi connectivity index (χ1) is 7.66. The van der Waals surface area contributed by atoms with Gasteiger partial charge in [0.1, 0.15) is 4.88 Å². The van der Waals surface area contributed by atoms with Crippen molar-refractivity contribution >= 4 is 17.5 Å². The largest absolute Gasteiger partial charge is 0.481 e. The molecule has 0 amide bonds. The van der Waals surface area contributed by atoms with Gasteiger partial charge in [-0.2, -0.15) is 0 Å². The van der Waals surface area contributed by atoms with Gasteiger partial charge in [-0.15, -0.1) is 15.3 Å². The monoisotopic (exact) mass is 240 g/mol. The molecule has 2 aromatic rings. The third-order valence-electron chi connectivity index (χ3n) is 1.87. The molecular formula is C8H8N4O3S. The van der Waals surface area contributed by atoms with Gasteiger partial charge in [0.15, 0.2) is 0 Å². The van der Waals surface area contributed by atoms with Crippen molar-refractivity contribution in [2.75, 3.05) is 0 Å². The van der Waals surface area contributed by atoms with Gasteiger partial charge in [0.25, 0.3) is 5.89 Å². The zero-order valence-corrected chi connectivity index (χ0v) is 9.19. The molecule has 0 aliphatic carbocycles. The molecule has 0 aromatic carbocycles. The van der Waals surface area contributed by atoms with Crippen LogP contribution in [-0.2, 0) is 11.2 Å². The van der Waals surface area contributed by atoms with E-state index in [0.29, 0.717) is 16.7 Å². The van der Waals surface area contributed by atoms with Crippen LogP contribution in [0.1, 0.15) is 18.0 Å². The summed E-state index contributed by atoms with van der Waals surface area (Å²) in [5.41, 5.74) is 0.721. The van der Waals surface area contributed by atoms with E-state index in [9.17, 15) is 4.79 Å². The Bertz CT molecular complexity index is 507. The summed E-state index contributed by atoms with van der Waals surface area (Å²) in [7, 11) is 0. The van der Waals surface area contributed by atoms with Crippen molar-refractivity contribution in [3.05, 3.63) is 11.6 Å². The van der Waals surface area contributed by atoms with Crippen molar-refractivity contribution in [1.29, 1.82) is 0 Å². The Labute approximate surface area is 94.3 Å². The Kier molecular flexibility index (Phi) is 2.91. The summed E-state index contributed by atoms with van der Waals surface area (Å²) in [5.74, 6) is -0.242. The maximum Gasteiger partial charge on any atom is 0.303 e. The third kappa shape index (κ3) is 2.22. The number of aromatic nitrogens is 4. The molecule has 0 aliphatic rings. The van der Waals surface area contributed by atoms with E-state index in [-0.39, 0.29) is 12.8 Å². The first-order valence-corrected chi connectivity index (χ1v) is 5.27. The molecule has 84 valence electrons. The summed E-state index contributed by atoms with van der Waals surface area (Å²) < 4.78 is 9.06. The zero-order valence-electron chi connectivity index (χ0n) is 8.38. The number of hydrogen-bond donors (Lipinski definition) is 1. The first-order valence-electron chi connectivity index (χ1n) is 4.50. The van der Waals surface area contributed by atoms with Crippen molar-refractivity contribution < 1.29 is 14.3 Å². The summed E-state index contributed by atoms with van der Waals surface area (Å²) >= 11 is 1.17. The van der Waals surface area contributed by atoms with E-state index in [1.807, 2.05) is 0 Å². The number of carboxylic acid groups (broad SMARTS) is 1. The highest BCUT2D eigenvalue weighted by Gasteiger charge is 2.14. The molecule has 0 fully saturated rings. The minimum Gasteiger partial charge on any atom is -0.481 e. The summed E-state index contributed by atoms with van der Waals surface area (Å²) in [4.78, 5) is 11.1. The topological polar surface area (TPSA) is 102 Å². The predicted molar refractivity (Wildman–Crippen MR) is 53.9 cm³/mol. The molecule has 16 heavy (non-hydrogen) atoms. The number of aryl methyl sites for hydroxylation is 2. The fraction of sp³-hybridized carbons (Fsp3) is 0.375. The van der Waals surface area contributed by atoms with Crippen molar-refractivity contribution in [3.8, 4) is 10.8 Å². The number of nitrogens with zero attached hydrogens (tertiary/aromatic N) is 4. The average molecular weight is 240 g/mol. The quantitative estimate of drug-likeness (QED) is 0.847. The molecule has 2 aromatic heterocycles. The molecule has 0 spiro atoms. The zero-order chi connectivity index (χ0) is 11.5. The number of rotatable bonds is 4. The maximum absolute atomic E-state index is 10.4. The Morgan fingerprint density at radius 3 is 2.88 bits per heavy atom. The highest BCUT2D eigenvalue weighted by atomic mass is 32.1. The molecule has 2 rings (SSSR count). The molecule has 8 heteroatoms. The van der Waals surface area contributed by atoms with Gasteiger partial charge in [-0.25, -0.2) is 0 Å². The van der Waals surface area contributed by atoms with Crippen LogP contribution in [0.2, 0.25) is 0 Å². The summed E-state index contributed by atoms with van der Waals surface area (Å²) in [6, 6.07) is 0. The van der Waals surface area contributed by atoms with Gasteiger partial charge < -0.3 is 9.52 Å². The van der Waals surface area contributed by atoms with E-state index in [1.54, 1.807) is 6.92 Å². The molecule has 0 unspecified atom stereocenters. The third-order valence-corrected chi connectivity index (χ3v) is 2.68. The lowest BCUT2D eigenvalue weighted by molar-refractivity contribution is -0.137. The molecule has 0 radical (unpaired) electrons. The molecular weight excluding hydrogens is 232 g/mol. The lowest BCUT2D eigenvalue weighted by atomic mass is 10.3. The maximum atomic E-state index is 10.4. The van der Waals surface area contributed by atoms with Crippen LogP contribution in [0.3, 0.4) is 0 Å². The van der Waals surface area contributed by atoms with Crippen molar-refractivity contribution in [1.82, 2.24) is 19.8 Å². The Balaban J connectivity index is 2.14. The number of aliphatic carboxylic acids is 1. The second-order valence-corrected chi connectivity index (χ2v) is 3.84. The Morgan fingerprint density at radius 2 is 2.25 bits per heavy atom. The van der Waals surface area contributed by atoms with Crippen LogP contribution in [-0.4, -0.2) is 30.9 Å². The summed E-state index contributed by atoms with van der Waals surface area (Å²) in [6.45, 7) is 1.79. The Morgan fingerprint density at radius 1 is 1.44 bits per heavy atom. The van der Waals surface area contributed by atoms with Crippen LogP contribution in [0.25, 0.3) is 10.8 Å². The van der Waals surface area contributed by atoms with Crippen LogP contribution in [0.15, 0.2) is 4.42 Å². The van der Waals surface area contributed by atoms with Crippen molar-refractivity contribution in [2.24, 2.45) is 0 Å². The number of hydrogen-bond acceptors (Lipinski definition) is 7. The smallest absolute Gasteiger partial charge is 0.303 e. The molecule has 0 aliphatic heterocycles. The van der Waals surface area contributed by atoms with Gasteiger partial charge >= 0.3 is 5.97 Å². The average Bonchev–Trinajstić information content (AvgIpc) is 2.83. The van der Waals surface area contributed by atoms with E-state index in [4.69, 9.17) is 9.52 Å². The van der Waals surface area contributed by atoms with E-state index >= 15 is 0 Å².